The monoisotopic (exact) mass is 256 g/mol. The second kappa shape index (κ2) is 4.42. The zero-order valence-electron chi connectivity index (χ0n) is 10.00. The van der Waals surface area contributed by atoms with Crippen molar-refractivity contribution < 1.29 is 0 Å². The van der Waals surface area contributed by atoms with Gasteiger partial charge in [-0.05, 0) is 19.1 Å². The van der Waals surface area contributed by atoms with Crippen LogP contribution in [0.3, 0.4) is 0 Å². The molecule has 0 aliphatic heterocycles. The van der Waals surface area contributed by atoms with Crippen molar-refractivity contribution in [2.75, 3.05) is 5.75 Å². The number of aromatic nitrogens is 4. The van der Waals surface area contributed by atoms with Crippen molar-refractivity contribution in [1.29, 1.82) is 0 Å². The highest BCUT2D eigenvalue weighted by Gasteiger charge is 2.11. The standard InChI is InChI=1S/C13H12N4S/c1-3-8-18-13-15-11-7-5-4-6-10(11)12-14-9(2)16-17(12)13/h3-7H,1,8H2,2H3. The summed E-state index contributed by atoms with van der Waals surface area (Å²) in [5, 5.41) is 6.28. The molecule has 0 N–H and O–H groups in total. The molecule has 3 rings (SSSR count). The maximum Gasteiger partial charge on any atom is 0.191 e. The Morgan fingerprint density at radius 1 is 1.33 bits per heavy atom. The van der Waals surface area contributed by atoms with Crippen molar-refractivity contribution in [3.63, 3.8) is 0 Å². The third-order valence-electron chi connectivity index (χ3n) is 2.59. The van der Waals surface area contributed by atoms with Crippen LogP contribution in [0.25, 0.3) is 16.6 Å². The van der Waals surface area contributed by atoms with Gasteiger partial charge in [-0.3, -0.25) is 0 Å². The quantitative estimate of drug-likeness (QED) is 0.410. The highest BCUT2D eigenvalue weighted by atomic mass is 32.2. The molecule has 18 heavy (non-hydrogen) atoms. The van der Waals surface area contributed by atoms with Gasteiger partial charge in [0.15, 0.2) is 10.8 Å². The SMILES string of the molecule is C=CCSc1nc2ccccc2c2nc(C)nn12. The van der Waals surface area contributed by atoms with E-state index in [1.54, 1.807) is 11.8 Å². The maximum atomic E-state index is 4.63. The molecule has 0 saturated heterocycles. The molecule has 0 aliphatic rings. The van der Waals surface area contributed by atoms with Gasteiger partial charge in [0.25, 0.3) is 0 Å². The minimum Gasteiger partial charge on any atom is -0.222 e. The predicted molar refractivity (Wildman–Crippen MR) is 73.9 cm³/mol. The molecule has 0 unspecified atom stereocenters. The van der Waals surface area contributed by atoms with Crippen LogP contribution in [0.5, 0.6) is 0 Å². The maximum absolute atomic E-state index is 4.63. The normalized spacial score (nSPS) is 11.2. The van der Waals surface area contributed by atoms with Crippen LogP contribution in [0.1, 0.15) is 5.82 Å². The third-order valence-corrected chi connectivity index (χ3v) is 3.51. The predicted octanol–water partition coefficient (Wildman–Crippen LogP) is 2.86. The number of fused-ring (bicyclic) bond motifs is 3. The second-order valence-corrected chi connectivity index (χ2v) is 4.89. The second-order valence-electron chi connectivity index (χ2n) is 3.91. The Kier molecular flexibility index (Phi) is 2.76. The Labute approximate surface area is 109 Å². The summed E-state index contributed by atoms with van der Waals surface area (Å²) in [6.07, 6.45) is 1.86. The fraction of sp³-hybridized carbons (Fsp3) is 0.154. The number of hydrogen-bond acceptors (Lipinski definition) is 4. The minimum absolute atomic E-state index is 0.758. The lowest BCUT2D eigenvalue weighted by molar-refractivity contribution is 0.798. The molecular weight excluding hydrogens is 244 g/mol. The molecule has 5 heteroatoms. The first-order chi connectivity index (χ1) is 8.79. The first-order valence-corrected chi connectivity index (χ1v) is 6.64. The fourth-order valence-electron chi connectivity index (χ4n) is 1.86. The van der Waals surface area contributed by atoms with Gasteiger partial charge in [-0.25, -0.2) is 9.97 Å². The fourth-order valence-corrected chi connectivity index (χ4v) is 2.54. The van der Waals surface area contributed by atoms with Crippen LogP contribution < -0.4 is 0 Å². The van der Waals surface area contributed by atoms with Crippen molar-refractivity contribution in [2.45, 2.75) is 12.1 Å². The first kappa shape index (κ1) is 11.2. The van der Waals surface area contributed by atoms with Gasteiger partial charge in [0.1, 0.15) is 5.82 Å². The first-order valence-electron chi connectivity index (χ1n) is 5.65. The van der Waals surface area contributed by atoms with E-state index in [0.29, 0.717) is 0 Å². The van der Waals surface area contributed by atoms with Crippen LogP contribution >= 0.6 is 11.8 Å². The Hall–Kier alpha value is -1.88. The molecule has 90 valence electrons. The van der Waals surface area contributed by atoms with Gasteiger partial charge in [0.2, 0.25) is 0 Å². The number of benzene rings is 1. The van der Waals surface area contributed by atoms with E-state index in [4.69, 9.17) is 0 Å². The molecule has 0 fully saturated rings. The molecule has 0 bridgehead atoms. The van der Waals surface area contributed by atoms with Crippen molar-refractivity contribution >= 4 is 28.3 Å². The molecule has 0 aliphatic carbocycles. The van der Waals surface area contributed by atoms with E-state index in [0.717, 1.165) is 33.3 Å². The van der Waals surface area contributed by atoms with Crippen LogP contribution in [0.4, 0.5) is 0 Å². The van der Waals surface area contributed by atoms with E-state index in [2.05, 4.69) is 21.6 Å². The summed E-state index contributed by atoms with van der Waals surface area (Å²) >= 11 is 1.61. The van der Waals surface area contributed by atoms with Crippen molar-refractivity contribution in [1.82, 2.24) is 19.6 Å². The van der Waals surface area contributed by atoms with E-state index in [1.807, 2.05) is 41.8 Å². The zero-order valence-corrected chi connectivity index (χ0v) is 10.8. The Bertz CT molecular complexity index is 732. The van der Waals surface area contributed by atoms with Crippen LogP contribution in [0.15, 0.2) is 42.1 Å². The van der Waals surface area contributed by atoms with Gasteiger partial charge in [-0.2, -0.15) is 4.52 Å². The van der Waals surface area contributed by atoms with E-state index in [1.165, 1.54) is 0 Å². The molecule has 0 saturated carbocycles. The minimum atomic E-state index is 0.758. The molecule has 0 amide bonds. The largest absolute Gasteiger partial charge is 0.222 e. The molecule has 0 atom stereocenters. The summed E-state index contributed by atoms with van der Waals surface area (Å²) in [5.41, 5.74) is 1.81. The van der Waals surface area contributed by atoms with Gasteiger partial charge in [0, 0.05) is 11.1 Å². The summed E-state index contributed by atoms with van der Waals surface area (Å²) in [6, 6.07) is 7.99. The summed E-state index contributed by atoms with van der Waals surface area (Å²) in [7, 11) is 0. The topological polar surface area (TPSA) is 43.1 Å². The Balaban J connectivity index is 2.34. The molecule has 0 spiro atoms. The molecule has 0 radical (unpaired) electrons. The van der Waals surface area contributed by atoms with E-state index in [-0.39, 0.29) is 0 Å². The van der Waals surface area contributed by atoms with Crippen molar-refractivity contribution in [3.8, 4) is 0 Å². The zero-order chi connectivity index (χ0) is 12.5. The highest BCUT2D eigenvalue weighted by Crippen LogP contribution is 2.23. The molecular formula is C13H12N4S. The molecule has 3 aromatic rings. The number of aryl methyl sites for hydroxylation is 1. The Morgan fingerprint density at radius 2 is 2.17 bits per heavy atom. The molecule has 2 aromatic heterocycles. The smallest absolute Gasteiger partial charge is 0.191 e. The van der Waals surface area contributed by atoms with Gasteiger partial charge in [-0.15, -0.1) is 11.7 Å². The number of rotatable bonds is 3. The molecule has 2 heterocycles. The summed E-state index contributed by atoms with van der Waals surface area (Å²) < 4.78 is 1.81. The number of thioether (sulfide) groups is 1. The Morgan fingerprint density at radius 3 is 3.00 bits per heavy atom. The van der Waals surface area contributed by atoms with E-state index < -0.39 is 0 Å². The summed E-state index contributed by atoms with van der Waals surface area (Å²) in [4.78, 5) is 9.11. The van der Waals surface area contributed by atoms with Gasteiger partial charge >= 0.3 is 0 Å². The van der Waals surface area contributed by atoms with Gasteiger partial charge in [0.05, 0.1) is 5.52 Å². The molecule has 4 nitrogen and oxygen atoms in total. The lowest BCUT2D eigenvalue weighted by Crippen LogP contribution is -1.98. The van der Waals surface area contributed by atoms with Crippen LogP contribution in [0, 0.1) is 6.92 Å². The van der Waals surface area contributed by atoms with E-state index in [9.17, 15) is 0 Å². The summed E-state index contributed by atoms with van der Waals surface area (Å²) in [5.74, 6) is 1.56. The van der Waals surface area contributed by atoms with Gasteiger partial charge in [-0.1, -0.05) is 30.0 Å². The van der Waals surface area contributed by atoms with E-state index >= 15 is 0 Å². The lowest BCUT2D eigenvalue weighted by Gasteiger charge is -2.04. The van der Waals surface area contributed by atoms with Crippen LogP contribution in [-0.2, 0) is 0 Å². The molecule has 1 aromatic carbocycles. The average Bonchev–Trinajstić information content (AvgIpc) is 2.78. The third kappa shape index (κ3) is 1.76. The van der Waals surface area contributed by atoms with Crippen LogP contribution in [-0.4, -0.2) is 25.3 Å². The average molecular weight is 256 g/mol. The number of nitrogens with zero attached hydrogens (tertiary/aromatic N) is 4. The van der Waals surface area contributed by atoms with Gasteiger partial charge < -0.3 is 0 Å². The number of hydrogen-bond donors (Lipinski definition) is 0. The van der Waals surface area contributed by atoms with Crippen molar-refractivity contribution in [3.05, 3.63) is 42.7 Å². The lowest BCUT2D eigenvalue weighted by atomic mass is 10.2. The summed E-state index contributed by atoms with van der Waals surface area (Å²) in [6.45, 7) is 5.62. The number of para-hydroxylation sites is 1. The highest BCUT2D eigenvalue weighted by molar-refractivity contribution is 7.99. The van der Waals surface area contributed by atoms with Crippen molar-refractivity contribution in [2.24, 2.45) is 0 Å². The van der Waals surface area contributed by atoms with Crippen LogP contribution in [0.2, 0.25) is 0 Å².